The summed E-state index contributed by atoms with van der Waals surface area (Å²) in [6, 6.07) is -0.609. The van der Waals surface area contributed by atoms with Gasteiger partial charge in [-0.05, 0) is 31.1 Å². The van der Waals surface area contributed by atoms with Crippen LogP contribution in [0.2, 0.25) is 0 Å². The zero-order valence-electron chi connectivity index (χ0n) is 12.3. The van der Waals surface area contributed by atoms with Gasteiger partial charge >= 0.3 is 12.0 Å². The lowest BCUT2D eigenvalue weighted by molar-refractivity contribution is -0.144. The van der Waals surface area contributed by atoms with Gasteiger partial charge in [-0.2, -0.15) is 0 Å². The molecule has 2 bridgehead atoms. The number of hydrogen-bond donors (Lipinski definition) is 3. The second kappa shape index (κ2) is 7.09. The number of fused-ring (bicyclic) bond motifs is 2. The molecule has 0 aromatic heterocycles. The van der Waals surface area contributed by atoms with Gasteiger partial charge in [-0.3, -0.25) is 4.79 Å². The molecule has 2 aliphatic rings. The molecule has 2 amide bonds. The van der Waals surface area contributed by atoms with Crippen LogP contribution < -0.4 is 5.32 Å². The van der Waals surface area contributed by atoms with E-state index in [0.717, 1.165) is 19.3 Å². The first-order valence-corrected chi connectivity index (χ1v) is 7.46. The first-order valence-electron chi connectivity index (χ1n) is 7.46. The largest absolute Gasteiger partial charge is 0.481 e. The van der Waals surface area contributed by atoms with Gasteiger partial charge in [0, 0.05) is 26.2 Å². The number of aliphatic hydroxyl groups is 1. The Morgan fingerprint density at radius 3 is 2.62 bits per heavy atom. The molecule has 0 heterocycles. The first-order chi connectivity index (χ1) is 10.1. The van der Waals surface area contributed by atoms with Crippen molar-refractivity contribution in [1.29, 1.82) is 0 Å². The summed E-state index contributed by atoms with van der Waals surface area (Å²) in [4.78, 5) is 25.2. The van der Waals surface area contributed by atoms with E-state index in [1.165, 1.54) is 4.90 Å². The minimum atomic E-state index is -0.821. The Morgan fingerprint density at radius 1 is 1.29 bits per heavy atom. The van der Waals surface area contributed by atoms with Crippen LogP contribution in [0.4, 0.5) is 4.79 Å². The van der Waals surface area contributed by atoms with E-state index in [4.69, 9.17) is 9.84 Å². The molecule has 2 saturated carbocycles. The number of amides is 2. The van der Waals surface area contributed by atoms with E-state index >= 15 is 0 Å². The van der Waals surface area contributed by atoms with Gasteiger partial charge in [0.25, 0.3) is 0 Å². The maximum Gasteiger partial charge on any atom is 0.317 e. The van der Waals surface area contributed by atoms with E-state index in [2.05, 4.69) is 5.32 Å². The van der Waals surface area contributed by atoms with E-state index in [1.54, 1.807) is 7.11 Å². The summed E-state index contributed by atoms with van der Waals surface area (Å²) in [6.07, 6.45) is 2.81. The number of carbonyl (C=O) groups excluding carboxylic acids is 1. The van der Waals surface area contributed by atoms with Gasteiger partial charge < -0.3 is 25.2 Å². The summed E-state index contributed by atoms with van der Waals surface area (Å²) in [6.45, 7) is 0.845. The molecule has 120 valence electrons. The number of nitrogens with one attached hydrogen (secondary N) is 1. The van der Waals surface area contributed by atoms with Crippen molar-refractivity contribution in [2.75, 3.05) is 33.4 Å². The Bertz CT molecular complexity index is 390. The number of aliphatic carboxylic acids is 1. The van der Waals surface area contributed by atoms with Crippen LogP contribution in [0.1, 0.15) is 19.3 Å². The molecule has 3 N–H and O–H groups in total. The second-order valence-corrected chi connectivity index (χ2v) is 5.88. The summed E-state index contributed by atoms with van der Waals surface area (Å²) in [7, 11) is 1.55. The van der Waals surface area contributed by atoms with Crippen molar-refractivity contribution >= 4 is 12.0 Å². The molecule has 0 aromatic rings. The predicted molar refractivity (Wildman–Crippen MR) is 74.8 cm³/mol. The Hall–Kier alpha value is -1.34. The van der Waals surface area contributed by atoms with Gasteiger partial charge in [0.05, 0.1) is 19.1 Å². The van der Waals surface area contributed by atoms with Gasteiger partial charge in [0.2, 0.25) is 0 Å². The number of carboxylic acid groups (broad SMARTS) is 1. The highest BCUT2D eigenvalue weighted by Gasteiger charge is 2.51. The van der Waals surface area contributed by atoms with E-state index in [-0.39, 0.29) is 37.1 Å². The zero-order valence-corrected chi connectivity index (χ0v) is 12.3. The molecular weight excluding hydrogens is 276 g/mol. The summed E-state index contributed by atoms with van der Waals surface area (Å²) in [5, 5.41) is 21.3. The minimum absolute atomic E-state index is 0.129. The first kappa shape index (κ1) is 16.0. The number of nitrogens with zero attached hydrogens (tertiary/aromatic N) is 1. The highest BCUT2D eigenvalue weighted by atomic mass is 16.5. The number of ether oxygens (including phenoxy) is 1. The number of carbonyl (C=O) groups is 2. The molecule has 4 unspecified atom stereocenters. The van der Waals surface area contributed by atoms with Crippen LogP contribution in [0.25, 0.3) is 0 Å². The van der Waals surface area contributed by atoms with Crippen LogP contribution >= 0.6 is 0 Å². The Morgan fingerprint density at radius 2 is 2.00 bits per heavy atom. The fraction of sp³-hybridized carbons (Fsp3) is 0.857. The molecule has 0 aromatic carbocycles. The van der Waals surface area contributed by atoms with Crippen molar-refractivity contribution in [1.82, 2.24) is 10.2 Å². The zero-order chi connectivity index (χ0) is 15.4. The number of hydrogen-bond acceptors (Lipinski definition) is 4. The highest BCUT2D eigenvalue weighted by Crippen LogP contribution is 2.48. The minimum Gasteiger partial charge on any atom is -0.481 e. The Labute approximate surface area is 124 Å². The van der Waals surface area contributed by atoms with Gasteiger partial charge in [-0.15, -0.1) is 0 Å². The molecule has 0 saturated heterocycles. The summed E-state index contributed by atoms with van der Waals surface area (Å²) < 4.78 is 4.95. The lowest BCUT2D eigenvalue weighted by atomic mass is 9.84. The van der Waals surface area contributed by atoms with Gasteiger partial charge in [0.15, 0.2) is 0 Å². The molecule has 0 spiro atoms. The Kier molecular flexibility index (Phi) is 5.41. The number of urea groups is 1. The van der Waals surface area contributed by atoms with Crippen LogP contribution in [-0.4, -0.2) is 66.6 Å². The molecule has 2 rings (SSSR count). The molecule has 7 heteroatoms. The molecule has 2 aliphatic carbocycles. The average Bonchev–Trinajstić information content (AvgIpc) is 3.04. The van der Waals surface area contributed by atoms with Crippen molar-refractivity contribution in [2.45, 2.75) is 25.3 Å². The van der Waals surface area contributed by atoms with E-state index in [1.807, 2.05) is 0 Å². The summed E-state index contributed by atoms with van der Waals surface area (Å²) in [5.74, 6) is -0.856. The monoisotopic (exact) mass is 300 g/mol. The standard InChI is InChI=1S/C14H24N2O5/c1-21-7-5-16(4-6-17)14(20)15-12-10-3-2-9(8-10)11(12)13(18)19/h9-12,17H,2-8H2,1H3,(H,15,20)(H,18,19). The third kappa shape index (κ3) is 3.47. The Balaban J connectivity index is 1.98. The van der Waals surface area contributed by atoms with Crippen molar-refractivity contribution in [2.24, 2.45) is 17.8 Å². The molecule has 2 fully saturated rings. The lowest BCUT2D eigenvalue weighted by Gasteiger charge is -2.31. The topological polar surface area (TPSA) is 99.1 Å². The number of carboxylic acids is 1. The normalized spacial score (nSPS) is 30.4. The van der Waals surface area contributed by atoms with Crippen molar-refractivity contribution in [3.05, 3.63) is 0 Å². The van der Waals surface area contributed by atoms with E-state index in [0.29, 0.717) is 13.2 Å². The van der Waals surface area contributed by atoms with E-state index in [9.17, 15) is 14.7 Å². The maximum absolute atomic E-state index is 12.3. The SMILES string of the molecule is COCCN(CCO)C(=O)NC1C2CCC(C2)C1C(=O)O. The van der Waals surface area contributed by atoms with Crippen LogP contribution in [0, 0.1) is 17.8 Å². The molecule has 0 aliphatic heterocycles. The number of methoxy groups -OCH3 is 1. The fourth-order valence-electron chi connectivity index (χ4n) is 3.73. The van der Waals surface area contributed by atoms with Crippen molar-refractivity contribution in [3.8, 4) is 0 Å². The van der Waals surface area contributed by atoms with Crippen LogP contribution in [-0.2, 0) is 9.53 Å². The smallest absolute Gasteiger partial charge is 0.317 e. The second-order valence-electron chi connectivity index (χ2n) is 5.88. The van der Waals surface area contributed by atoms with Gasteiger partial charge in [-0.1, -0.05) is 0 Å². The van der Waals surface area contributed by atoms with Gasteiger partial charge in [0.1, 0.15) is 0 Å². The third-order valence-electron chi connectivity index (χ3n) is 4.71. The summed E-state index contributed by atoms with van der Waals surface area (Å²) in [5.41, 5.74) is 0. The fourth-order valence-corrected chi connectivity index (χ4v) is 3.73. The third-order valence-corrected chi connectivity index (χ3v) is 4.71. The van der Waals surface area contributed by atoms with Crippen LogP contribution in [0.3, 0.4) is 0 Å². The van der Waals surface area contributed by atoms with Crippen molar-refractivity contribution < 1.29 is 24.5 Å². The molecule has 7 nitrogen and oxygen atoms in total. The van der Waals surface area contributed by atoms with Crippen molar-refractivity contribution in [3.63, 3.8) is 0 Å². The quantitative estimate of drug-likeness (QED) is 0.621. The average molecular weight is 300 g/mol. The summed E-state index contributed by atoms with van der Waals surface area (Å²) >= 11 is 0. The predicted octanol–water partition coefficient (Wildman–Crippen LogP) is 0.136. The lowest BCUT2D eigenvalue weighted by Crippen LogP contribution is -2.52. The molecule has 0 radical (unpaired) electrons. The van der Waals surface area contributed by atoms with Crippen LogP contribution in [0.5, 0.6) is 0 Å². The maximum atomic E-state index is 12.3. The molecular formula is C14H24N2O5. The highest BCUT2D eigenvalue weighted by molar-refractivity contribution is 5.77. The van der Waals surface area contributed by atoms with Gasteiger partial charge in [-0.25, -0.2) is 4.79 Å². The number of aliphatic hydroxyl groups excluding tert-OH is 1. The van der Waals surface area contributed by atoms with E-state index < -0.39 is 11.9 Å². The molecule has 4 atom stereocenters. The van der Waals surface area contributed by atoms with Crippen LogP contribution in [0.15, 0.2) is 0 Å². The molecule has 21 heavy (non-hydrogen) atoms. The number of rotatable bonds is 7.